The lowest BCUT2D eigenvalue weighted by Crippen LogP contribution is -2.47. The first-order valence-electron chi connectivity index (χ1n) is 4.66. The first-order chi connectivity index (χ1) is 8.96. The van der Waals surface area contributed by atoms with Gasteiger partial charge in [0.05, 0.1) is 4.92 Å². The molecule has 0 aliphatic heterocycles. The summed E-state index contributed by atoms with van der Waals surface area (Å²) in [6.07, 6.45) is -6.10. The second-order valence-corrected chi connectivity index (χ2v) is 4.36. The van der Waals surface area contributed by atoms with Crippen molar-refractivity contribution in [2.75, 3.05) is 5.32 Å². The summed E-state index contributed by atoms with van der Waals surface area (Å²) >= 11 is 2.86. The van der Waals surface area contributed by atoms with Crippen molar-refractivity contribution in [1.29, 1.82) is 0 Å². The topological polar surface area (TPSA) is 72.2 Å². The number of nitro benzene ring substituents is 1. The molecule has 0 saturated heterocycles. The number of rotatable bonds is 3. The van der Waals surface area contributed by atoms with Gasteiger partial charge in [-0.25, -0.2) is 0 Å². The molecule has 0 bridgehead atoms. The van der Waals surface area contributed by atoms with Gasteiger partial charge in [0, 0.05) is 10.5 Å². The maximum absolute atomic E-state index is 12.7. The van der Waals surface area contributed by atoms with Crippen LogP contribution in [0.3, 0.4) is 0 Å². The van der Waals surface area contributed by atoms with E-state index >= 15 is 0 Å². The molecular weight excluding hydrogens is 359 g/mol. The number of hydrogen-bond donors (Lipinski definition) is 1. The summed E-state index contributed by atoms with van der Waals surface area (Å²) < 4.78 is 61.5. The maximum Gasteiger partial charge on any atom is 0.463 e. The van der Waals surface area contributed by atoms with E-state index in [1.54, 1.807) is 0 Å². The van der Waals surface area contributed by atoms with E-state index in [0.717, 1.165) is 18.2 Å². The molecule has 11 heteroatoms. The van der Waals surface area contributed by atoms with Crippen molar-refractivity contribution in [3.05, 3.63) is 32.8 Å². The van der Waals surface area contributed by atoms with Crippen LogP contribution in [0.4, 0.5) is 33.3 Å². The smallest absolute Gasteiger partial charge is 0.315 e. The first kappa shape index (κ1) is 16.3. The molecule has 0 aromatic heterocycles. The largest absolute Gasteiger partial charge is 0.463 e. The highest BCUT2D eigenvalue weighted by molar-refractivity contribution is 9.10. The van der Waals surface area contributed by atoms with Gasteiger partial charge in [-0.2, -0.15) is 22.0 Å². The second kappa shape index (κ2) is 5.31. The molecule has 0 atom stereocenters. The van der Waals surface area contributed by atoms with E-state index < -0.39 is 34.3 Å². The fourth-order valence-corrected chi connectivity index (χ4v) is 1.44. The van der Waals surface area contributed by atoms with Crippen molar-refractivity contribution in [2.24, 2.45) is 0 Å². The lowest BCUT2D eigenvalue weighted by molar-refractivity contribution is -0.384. The number of hydrogen-bond acceptors (Lipinski definition) is 3. The third-order valence-electron chi connectivity index (χ3n) is 2.05. The maximum atomic E-state index is 12.7. The molecule has 0 saturated carbocycles. The molecule has 0 radical (unpaired) electrons. The average Bonchev–Trinajstić information content (AvgIpc) is 2.29. The zero-order valence-electron chi connectivity index (χ0n) is 9.17. The predicted octanol–water partition coefficient (Wildman–Crippen LogP) is 3.49. The Morgan fingerprint density at radius 2 is 1.80 bits per heavy atom. The molecule has 0 fully saturated rings. The van der Waals surface area contributed by atoms with Gasteiger partial charge in [-0.05, 0) is 12.1 Å². The summed E-state index contributed by atoms with van der Waals surface area (Å²) in [5, 5.41) is 11.8. The Balaban J connectivity index is 3.12. The molecule has 1 rings (SSSR count). The summed E-state index contributed by atoms with van der Waals surface area (Å²) in [5.74, 6) is -8.36. The van der Waals surface area contributed by atoms with Crippen LogP contribution in [0.1, 0.15) is 0 Å². The highest BCUT2D eigenvalue weighted by Gasteiger charge is 2.63. The van der Waals surface area contributed by atoms with E-state index in [-0.39, 0.29) is 4.47 Å². The zero-order valence-corrected chi connectivity index (χ0v) is 10.8. The van der Waals surface area contributed by atoms with Gasteiger partial charge in [-0.15, -0.1) is 0 Å². The van der Waals surface area contributed by atoms with Crippen molar-refractivity contribution >= 4 is 33.2 Å². The van der Waals surface area contributed by atoms with Crippen molar-refractivity contribution in [1.82, 2.24) is 0 Å². The molecule has 0 aliphatic carbocycles. The van der Waals surface area contributed by atoms with Crippen LogP contribution in [0.2, 0.25) is 0 Å². The molecule has 0 unspecified atom stereocenters. The van der Waals surface area contributed by atoms with Crippen LogP contribution < -0.4 is 5.32 Å². The third-order valence-corrected chi connectivity index (χ3v) is 2.54. The predicted molar refractivity (Wildman–Crippen MR) is 60.4 cm³/mol. The fourth-order valence-electron chi connectivity index (χ4n) is 1.09. The lowest BCUT2D eigenvalue weighted by Gasteiger charge is -2.18. The van der Waals surface area contributed by atoms with E-state index in [1.165, 1.54) is 5.32 Å². The van der Waals surface area contributed by atoms with Gasteiger partial charge in [0.2, 0.25) is 0 Å². The minimum atomic E-state index is -6.10. The van der Waals surface area contributed by atoms with Gasteiger partial charge in [-0.3, -0.25) is 14.9 Å². The monoisotopic (exact) mass is 362 g/mol. The van der Waals surface area contributed by atoms with Crippen LogP contribution in [-0.4, -0.2) is 22.9 Å². The molecule has 1 aromatic rings. The number of halogens is 6. The number of nitro groups is 1. The molecule has 0 aliphatic rings. The van der Waals surface area contributed by atoms with E-state index in [0.29, 0.717) is 0 Å². The number of amides is 1. The Kier molecular flexibility index (Phi) is 4.32. The van der Waals surface area contributed by atoms with Gasteiger partial charge < -0.3 is 5.32 Å². The molecule has 20 heavy (non-hydrogen) atoms. The zero-order chi connectivity index (χ0) is 15.7. The van der Waals surface area contributed by atoms with Crippen molar-refractivity contribution in [3.8, 4) is 0 Å². The Morgan fingerprint density at radius 1 is 1.25 bits per heavy atom. The summed E-state index contributed by atoms with van der Waals surface area (Å²) in [6.45, 7) is 0. The molecule has 0 spiro atoms. The molecule has 1 N–H and O–H groups in total. The van der Waals surface area contributed by atoms with Crippen LogP contribution in [0, 0.1) is 10.1 Å². The lowest BCUT2D eigenvalue weighted by atomic mass is 10.2. The summed E-state index contributed by atoms with van der Waals surface area (Å²) in [4.78, 5) is 20.5. The number of nitrogens with one attached hydrogen (secondary N) is 1. The van der Waals surface area contributed by atoms with E-state index in [2.05, 4.69) is 15.9 Å². The van der Waals surface area contributed by atoms with Crippen LogP contribution in [-0.2, 0) is 4.79 Å². The SMILES string of the molecule is O=C(Nc1ccc(Br)cc1[N+](=O)[O-])C(F)(F)C(F)(F)F. The van der Waals surface area contributed by atoms with Crippen molar-refractivity contribution in [3.63, 3.8) is 0 Å². The molecule has 1 aromatic carbocycles. The Morgan fingerprint density at radius 3 is 2.25 bits per heavy atom. The van der Waals surface area contributed by atoms with Gasteiger partial charge in [-0.1, -0.05) is 15.9 Å². The minimum absolute atomic E-state index is 0.185. The summed E-state index contributed by atoms with van der Waals surface area (Å²) in [5.41, 5.74) is -1.60. The Bertz CT molecular complexity index is 561. The highest BCUT2D eigenvalue weighted by atomic mass is 79.9. The Labute approximate surface area is 116 Å². The fraction of sp³-hybridized carbons (Fsp3) is 0.222. The number of carbonyl (C=O) groups excluding carboxylic acids is 1. The highest BCUT2D eigenvalue weighted by Crippen LogP contribution is 2.37. The number of alkyl halides is 5. The number of benzene rings is 1. The second-order valence-electron chi connectivity index (χ2n) is 3.44. The quantitative estimate of drug-likeness (QED) is 0.508. The van der Waals surface area contributed by atoms with Crippen LogP contribution in [0.15, 0.2) is 22.7 Å². The molecule has 110 valence electrons. The first-order valence-corrected chi connectivity index (χ1v) is 5.46. The Hall–Kier alpha value is -1.78. The molecule has 0 heterocycles. The molecular formula is C9H4BrF5N2O3. The number of anilines is 1. The van der Waals surface area contributed by atoms with Gasteiger partial charge >= 0.3 is 18.0 Å². The van der Waals surface area contributed by atoms with Crippen LogP contribution in [0.5, 0.6) is 0 Å². The van der Waals surface area contributed by atoms with Crippen LogP contribution >= 0.6 is 15.9 Å². The summed E-state index contributed by atoms with van der Waals surface area (Å²) in [7, 11) is 0. The third kappa shape index (κ3) is 3.21. The number of nitrogens with zero attached hydrogens (tertiary/aromatic N) is 1. The van der Waals surface area contributed by atoms with Crippen molar-refractivity contribution < 1.29 is 31.7 Å². The number of carbonyl (C=O) groups is 1. The minimum Gasteiger partial charge on any atom is -0.315 e. The standard InChI is InChI=1S/C9H4BrF5N2O3/c10-4-1-2-5(6(3-4)17(19)20)16-7(18)8(11,12)9(13,14)15/h1-3H,(H,16,18). The van der Waals surface area contributed by atoms with Gasteiger partial charge in [0.15, 0.2) is 0 Å². The van der Waals surface area contributed by atoms with Crippen LogP contribution in [0.25, 0.3) is 0 Å². The molecule has 5 nitrogen and oxygen atoms in total. The van der Waals surface area contributed by atoms with Gasteiger partial charge in [0.1, 0.15) is 5.69 Å². The normalized spacial score (nSPS) is 12.1. The van der Waals surface area contributed by atoms with E-state index in [1.807, 2.05) is 0 Å². The summed E-state index contributed by atoms with van der Waals surface area (Å²) in [6, 6.07) is 2.81. The van der Waals surface area contributed by atoms with Gasteiger partial charge in [0.25, 0.3) is 5.69 Å². The molecule has 1 amide bonds. The van der Waals surface area contributed by atoms with Crippen molar-refractivity contribution in [2.45, 2.75) is 12.1 Å². The average molecular weight is 363 g/mol. The van der Waals surface area contributed by atoms with E-state index in [4.69, 9.17) is 0 Å². The van der Waals surface area contributed by atoms with E-state index in [9.17, 15) is 36.9 Å².